The van der Waals surface area contributed by atoms with Crippen molar-refractivity contribution in [2.45, 2.75) is 59.1 Å². The summed E-state index contributed by atoms with van der Waals surface area (Å²) in [6.45, 7) is 11.1. The van der Waals surface area contributed by atoms with E-state index in [0.717, 1.165) is 30.4 Å². The molecule has 2 unspecified atom stereocenters. The normalized spacial score (nSPS) is 22.0. The van der Waals surface area contributed by atoms with Gasteiger partial charge in [-0.2, -0.15) is 0 Å². The van der Waals surface area contributed by atoms with Crippen LogP contribution < -0.4 is 4.74 Å². The number of hydrogen-bond donors (Lipinski definition) is 0. The van der Waals surface area contributed by atoms with Crippen LogP contribution >= 0.6 is 0 Å². The number of pyridine rings is 1. The minimum Gasteiger partial charge on any atom is -0.475 e. The van der Waals surface area contributed by atoms with E-state index >= 15 is 0 Å². The number of nitrogens with zero attached hydrogens (tertiary/aromatic N) is 2. The lowest BCUT2D eigenvalue weighted by atomic mass is 10.0. The zero-order valence-corrected chi connectivity index (χ0v) is 17.4. The van der Waals surface area contributed by atoms with Crippen LogP contribution in [-0.2, 0) is 27.1 Å². The van der Waals surface area contributed by atoms with E-state index in [1.165, 1.54) is 11.1 Å². The lowest BCUT2D eigenvalue weighted by molar-refractivity contribution is -0.110. The standard InChI is InChI=1S/C21H30N2O5/c1-13-17-8-15(10-24)9-18(17)14(2)22-19(13)27-12-16-11-26-7-6-23(16)20(25)28-21(3,4)5/h10,15-16H,6-9,11-12H2,1-5H3. The summed E-state index contributed by atoms with van der Waals surface area (Å²) >= 11 is 0. The average Bonchev–Trinajstić information content (AvgIpc) is 3.08. The van der Waals surface area contributed by atoms with Crippen molar-refractivity contribution in [3.05, 3.63) is 22.4 Å². The van der Waals surface area contributed by atoms with Gasteiger partial charge in [0, 0.05) is 23.7 Å². The van der Waals surface area contributed by atoms with Gasteiger partial charge in [0.1, 0.15) is 18.5 Å². The molecule has 1 fully saturated rings. The Kier molecular flexibility index (Phi) is 5.93. The summed E-state index contributed by atoms with van der Waals surface area (Å²) < 4.78 is 17.1. The molecule has 2 heterocycles. The van der Waals surface area contributed by atoms with Crippen molar-refractivity contribution in [2.24, 2.45) is 5.92 Å². The number of ether oxygens (including phenoxy) is 3. The molecule has 1 aromatic rings. The summed E-state index contributed by atoms with van der Waals surface area (Å²) in [5.74, 6) is 0.594. The Balaban J connectivity index is 1.71. The predicted octanol–water partition coefficient (Wildman–Crippen LogP) is 2.63. The van der Waals surface area contributed by atoms with E-state index in [-0.39, 0.29) is 24.7 Å². The first-order valence-electron chi connectivity index (χ1n) is 9.84. The van der Waals surface area contributed by atoms with Crippen LogP contribution in [-0.4, -0.2) is 60.3 Å². The van der Waals surface area contributed by atoms with Crippen LogP contribution in [0.2, 0.25) is 0 Å². The molecule has 1 saturated heterocycles. The summed E-state index contributed by atoms with van der Waals surface area (Å²) in [5, 5.41) is 0. The van der Waals surface area contributed by atoms with Crippen molar-refractivity contribution in [3.8, 4) is 5.88 Å². The second kappa shape index (κ2) is 8.07. The molecule has 0 saturated carbocycles. The maximum atomic E-state index is 12.5. The van der Waals surface area contributed by atoms with Crippen LogP contribution in [0.1, 0.15) is 43.2 Å². The number of amides is 1. The van der Waals surface area contributed by atoms with E-state index in [0.29, 0.717) is 25.6 Å². The fourth-order valence-corrected chi connectivity index (χ4v) is 3.79. The van der Waals surface area contributed by atoms with Gasteiger partial charge in [-0.3, -0.25) is 4.90 Å². The van der Waals surface area contributed by atoms with Gasteiger partial charge in [0.15, 0.2) is 0 Å². The van der Waals surface area contributed by atoms with Gasteiger partial charge >= 0.3 is 6.09 Å². The number of morpholine rings is 1. The van der Waals surface area contributed by atoms with E-state index in [4.69, 9.17) is 14.2 Å². The maximum absolute atomic E-state index is 12.5. The van der Waals surface area contributed by atoms with Crippen molar-refractivity contribution >= 4 is 12.4 Å². The van der Waals surface area contributed by atoms with E-state index in [9.17, 15) is 9.59 Å². The summed E-state index contributed by atoms with van der Waals surface area (Å²) in [4.78, 5) is 30.0. The number of rotatable bonds is 4. The van der Waals surface area contributed by atoms with Crippen molar-refractivity contribution in [2.75, 3.05) is 26.4 Å². The molecule has 0 aromatic carbocycles. The topological polar surface area (TPSA) is 78.0 Å². The van der Waals surface area contributed by atoms with Gasteiger partial charge in [0.2, 0.25) is 5.88 Å². The maximum Gasteiger partial charge on any atom is 0.410 e. The van der Waals surface area contributed by atoms with E-state index in [2.05, 4.69) is 4.98 Å². The molecule has 0 radical (unpaired) electrons. The molecule has 0 spiro atoms. The van der Waals surface area contributed by atoms with Gasteiger partial charge in [-0.1, -0.05) is 0 Å². The lowest BCUT2D eigenvalue weighted by Crippen LogP contribution is -2.52. The number of aromatic nitrogens is 1. The Hall–Kier alpha value is -2.15. The van der Waals surface area contributed by atoms with Crippen LogP contribution in [0.15, 0.2) is 0 Å². The quantitative estimate of drug-likeness (QED) is 0.736. The van der Waals surface area contributed by atoms with Gasteiger partial charge in [0.05, 0.1) is 19.3 Å². The molecular formula is C21H30N2O5. The SMILES string of the molecule is Cc1nc(OCC2COCCN2C(=O)OC(C)(C)C)c(C)c2c1CC(C=O)C2. The van der Waals surface area contributed by atoms with Crippen LogP contribution in [0.25, 0.3) is 0 Å². The fourth-order valence-electron chi connectivity index (χ4n) is 3.79. The van der Waals surface area contributed by atoms with Crippen molar-refractivity contribution < 1.29 is 23.8 Å². The Morgan fingerprint density at radius 3 is 2.68 bits per heavy atom. The minimum atomic E-state index is -0.550. The smallest absolute Gasteiger partial charge is 0.410 e. The fraction of sp³-hybridized carbons (Fsp3) is 0.667. The van der Waals surface area contributed by atoms with Gasteiger partial charge in [-0.15, -0.1) is 0 Å². The van der Waals surface area contributed by atoms with Crippen molar-refractivity contribution in [1.82, 2.24) is 9.88 Å². The Bertz CT molecular complexity index is 756. The molecule has 3 rings (SSSR count). The second-order valence-corrected chi connectivity index (χ2v) is 8.60. The summed E-state index contributed by atoms with van der Waals surface area (Å²) in [7, 11) is 0. The number of aldehydes is 1. The summed E-state index contributed by atoms with van der Waals surface area (Å²) in [6.07, 6.45) is 2.16. The first-order valence-corrected chi connectivity index (χ1v) is 9.84. The largest absolute Gasteiger partial charge is 0.475 e. The molecule has 2 aliphatic rings. The molecule has 0 N–H and O–H groups in total. The van der Waals surface area contributed by atoms with Gasteiger partial charge in [-0.05, 0) is 58.6 Å². The molecule has 7 heteroatoms. The number of fused-ring (bicyclic) bond motifs is 1. The Morgan fingerprint density at radius 1 is 1.29 bits per heavy atom. The molecule has 2 atom stereocenters. The average molecular weight is 390 g/mol. The zero-order valence-electron chi connectivity index (χ0n) is 17.4. The molecule has 28 heavy (non-hydrogen) atoms. The monoisotopic (exact) mass is 390 g/mol. The third-order valence-corrected chi connectivity index (χ3v) is 5.24. The molecular weight excluding hydrogens is 360 g/mol. The molecule has 1 aliphatic heterocycles. The first kappa shape index (κ1) is 20.6. The molecule has 7 nitrogen and oxygen atoms in total. The Morgan fingerprint density at radius 2 is 2.00 bits per heavy atom. The highest BCUT2D eigenvalue weighted by atomic mass is 16.6. The number of hydrogen-bond acceptors (Lipinski definition) is 6. The van der Waals surface area contributed by atoms with E-state index < -0.39 is 5.60 Å². The highest BCUT2D eigenvalue weighted by Crippen LogP contribution is 2.34. The number of carbonyl (C=O) groups excluding carboxylic acids is 2. The summed E-state index contributed by atoms with van der Waals surface area (Å²) in [5.41, 5.74) is 3.67. The van der Waals surface area contributed by atoms with Crippen LogP contribution in [0.5, 0.6) is 5.88 Å². The molecule has 1 amide bonds. The van der Waals surface area contributed by atoms with Crippen LogP contribution in [0, 0.1) is 19.8 Å². The third-order valence-electron chi connectivity index (χ3n) is 5.24. The highest BCUT2D eigenvalue weighted by molar-refractivity contribution is 5.68. The number of aryl methyl sites for hydroxylation is 1. The van der Waals surface area contributed by atoms with Crippen LogP contribution in [0.3, 0.4) is 0 Å². The number of carbonyl (C=O) groups is 2. The third kappa shape index (κ3) is 4.46. The van der Waals surface area contributed by atoms with E-state index in [1.54, 1.807) is 4.90 Å². The molecule has 1 aromatic heterocycles. The lowest BCUT2D eigenvalue weighted by Gasteiger charge is -2.36. The summed E-state index contributed by atoms with van der Waals surface area (Å²) in [6, 6.07) is -0.235. The Labute approximate surface area is 166 Å². The molecule has 0 bridgehead atoms. The predicted molar refractivity (Wildman–Crippen MR) is 104 cm³/mol. The second-order valence-electron chi connectivity index (χ2n) is 8.60. The van der Waals surface area contributed by atoms with E-state index in [1.807, 2.05) is 34.6 Å². The van der Waals surface area contributed by atoms with Crippen molar-refractivity contribution in [3.63, 3.8) is 0 Å². The highest BCUT2D eigenvalue weighted by Gasteiger charge is 2.32. The zero-order chi connectivity index (χ0) is 20.5. The molecule has 1 aliphatic carbocycles. The minimum absolute atomic E-state index is 0.0267. The van der Waals surface area contributed by atoms with Crippen LogP contribution in [0.4, 0.5) is 4.79 Å². The van der Waals surface area contributed by atoms with Gasteiger partial charge in [-0.25, -0.2) is 9.78 Å². The van der Waals surface area contributed by atoms with Gasteiger partial charge in [0.25, 0.3) is 0 Å². The van der Waals surface area contributed by atoms with Gasteiger partial charge < -0.3 is 19.0 Å². The first-order chi connectivity index (χ1) is 13.2. The molecule has 154 valence electrons. The van der Waals surface area contributed by atoms with Crippen molar-refractivity contribution in [1.29, 1.82) is 0 Å².